The van der Waals surface area contributed by atoms with E-state index >= 15 is 0 Å². The summed E-state index contributed by atoms with van der Waals surface area (Å²) < 4.78 is 1.83. The molecule has 1 heterocycles. The van der Waals surface area contributed by atoms with Gasteiger partial charge in [-0.3, -0.25) is 4.68 Å². The summed E-state index contributed by atoms with van der Waals surface area (Å²) in [7, 11) is 1.91. The van der Waals surface area contributed by atoms with E-state index in [2.05, 4.69) is 16.5 Å². The third kappa shape index (κ3) is 2.47. The maximum absolute atomic E-state index is 8.90. The molecule has 1 aromatic heterocycles. The first-order chi connectivity index (χ1) is 8.61. The average Bonchev–Trinajstić information content (AvgIpc) is 2.69. The van der Waals surface area contributed by atoms with Gasteiger partial charge >= 0.3 is 0 Å². The summed E-state index contributed by atoms with van der Waals surface area (Å²) in [6, 6.07) is 7.38. The molecule has 18 heavy (non-hydrogen) atoms. The van der Waals surface area contributed by atoms with Crippen molar-refractivity contribution in [2.75, 3.05) is 5.32 Å². The molecule has 0 amide bonds. The number of hydrogen-bond acceptors (Lipinski definition) is 3. The van der Waals surface area contributed by atoms with Crippen LogP contribution >= 0.6 is 11.6 Å². The van der Waals surface area contributed by atoms with Gasteiger partial charge in [-0.05, 0) is 25.1 Å². The molecule has 0 fully saturated rings. The van der Waals surface area contributed by atoms with Gasteiger partial charge in [0.25, 0.3) is 0 Å². The predicted octanol–water partition coefficient (Wildman–Crippen LogP) is 2.87. The van der Waals surface area contributed by atoms with Crippen molar-refractivity contribution in [2.45, 2.75) is 13.5 Å². The Morgan fingerprint density at radius 2 is 2.28 bits per heavy atom. The lowest BCUT2D eigenvalue weighted by atomic mass is 10.2. The molecule has 0 saturated carbocycles. The van der Waals surface area contributed by atoms with Crippen molar-refractivity contribution in [1.82, 2.24) is 9.78 Å². The van der Waals surface area contributed by atoms with Crippen LogP contribution in [0.3, 0.4) is 0 Å². The number of rotatable bonds is 3. The molecule has 0 aliphatic rings. The molecule has 0 aliphatic heterocycles. The van der Waals surface area contributed by atoms with E-state index in [0.29, 0.717) is 17.1 Å². The summed E-state index contributed by atoms with van der Waals surface area (Å²) in [5, 5.41) is 16.8. The Kier molecular flexibility index (Phi) is 3.54. The van der Waals surface area contributed by atoms with Crippen LogP contribution in [0, 0.1) is 18.3 Å². The van der Waals surface area contributed by atoms with Crippen LogP contribution in [-0.2, 0) is 13.6 Å². The second-order valence-electron chi connectivity index (χ2n) is 4.04. The first-order valence-corrected chi connectivity index (χ1v) is 5.90. The van der Waals surface area contributed by atoms with Crippen molar-refractivity contribution in [1.29, 1.82) is 5.26 Å². The van der Waals surface area contributed by atoms with Crippen molar-refractivity contribution in [2.24, 2.45) is 7.05 Å². The minimum Gasteiger partial charge on any atom is -0.381 e. The monoisotopic (exact) mass is 260 g/mol. The van der Waals surface area contributed by atoms with Gasteiger partial charge in [-0.15, -0.1) is 0 Å². The van der Waals surface area contributed by atoms with Crippen LogP contribution in [0.25, 0.3) is 0 Å². The Labute approximate surface area is 111 Å². The second-order valence-corrected chi connectivity index (χ2v) is 4.45. The largest absolute Gasteiger partial charge is 0.381 e. The van der Waals surface area contributed by atoms with E-state index in [1.54, 1.807) is 12.1 Å². The van der Waals surface area contributed by atoms with Gasteiger partial charge in [0.1, 0.15) is 6.07 Å². The summed E-state index contributed by atoms with van der Waals surface area (Å²) in [4.78, 5) is 0. The van der Waals surface area contributed by atoms with Crippen LogP contribution in [0.1, 0.15) is 16.8 Å². The first-order valence-electron chi connectivity index (χ1n) is 5.53. The average molecular weight is 261 g/mol. The van der Waals surface area contributed by atoms with Crippen LogP contribution in [0.4, 0.5) is 5.69 Å². The van der Waals surface area contributed by atoms with Gasteiger partial charge in [0.05, 0.1) is 16.8 Å². The fourth-order valence-electron chi connectivity index (χ4n) is 1.64. The van der Waals surface area contributed by atoms with Crippen molar-refractivity contribution < 1.29 is 0 Å². The number of nitrogens with one attached hydrogen (secondary N) is 1. The zero-order valence-electron chi connectivity index (χ0n) is 10.2. The quantitative estimate of drug-likeness (QED) is 0.923. The number of halogens is 1. The molecule has 2 aromatic rings. The zero-order chi connectivity index (χ0) is 13.1. The summed E-state index contributed by atoms with van der Waals surface area (Å²) >= 11 is 5.88. The van der Waals surface area contributed by atoms with Gasteiger partial charge in [0.2, 0.25) is 0 Å². The number of nitrogens with zero attached hydrogens (tertiary/aromatic N) is 3. The Balaban J connectivity index is 2.11. The Bertz CT molecular complexity index is 610. The van der Waals surface area contributed by atoms with Gasteiger partial charge in [-0.25, -0.2) is 0 Å². The Morgan fingerprint density at radius 3 is 2.89 bits per heavy atom. The lowest BCUT2D eigenvalue weighted by Crippen LogP contribution is -2.01. The SMILES string of the molecule is Cc1c(CNc2ccc(Cl)c(C#N)c2)cnn1C. The molecule has 92 valence electrons. The molecule has 0 spiro atoms. The molecule has 0 saturated heterocycles. The van der Waals surface area contributed by atoms with E-state index in [1.165, 1.54) is 0 Å². The van der Waals surface area contributed by atoms with Crippen LogP contribution in [0.15, 0.2) is 24.4 Å². The first kappa shape index (κ1) is 12.5. The molecule has 1 N–H and O–H groups in total. The molecule has 1 aromatic carbocycles. The third-order valence-electron chi connectivity index (χ3n) is 2.91. The number of aryl methyl sites for hydroxylation is 1. The number of aromatic nitrogens is 2. The molecule has 2 rings (SSSR count). The molecular weight excluding hydrogens is 248 g/mol. The van der Waals surface area contributed by atoms with E-state index < -0.39 is 0 Å². The van der Waals surface area contributed by atoms with Gasteiger partial charge < -0.3 is 5.32 Å². The number of benzene rings is 1. The van der Waals surface area contributed by atoms with E-state index in [1.807, 2.05) is 30.9 Å². The summed E-state index contributed by atoms with van der Waals surface area (Å²) in [5.41, 5.74) is 3.60. The van der Waals surface area contributed by atoms with Crippen molar-refractivity contribution in [3.8, 4) is 6.07 Å². The highest BCUT2D eigenvalue weighted by molar-refractivity contribution is 6.31. The smallest absolute Gasteiger partial charge is 0.101 e. The maximum atomic E-state index is 8.90. The molecule has 4 nitrogen and oxygen atoms in total. The van der Waals surface area contributed by atoms with Crippen LogP contribution in [0.5, 0.6) is 0 Å². The number of nitriles is 1. The molecule has 5 heteroatoms. The standard InChI is InChI=1S/C13H13ClN4/c1-9-11(8-17-18(9)2)7-16-12-3-4-13(14)10(5-12)6-15/h3-5,8,16H,7H2,1-2H3. The lowest BCUT2D eigenvalue weighted by Gasteiger charge is -2.07. The Hall–Kier alpha value is -1.99. The summed E-state index contributed by atoms with van der Waals surface area (Å²) in [5.74, 6) is 0. The highest BCUT2D eigenvalue weighted by atomic mass is 35.5. The highest BCUT2D eigenvalue weighted by Crippen LogP contribution is 2.20. The van der Waals surface area contributed by atoms with Gasteiger partial charge in [0.15, 0.2) is 0 Å². The zero-order valence-corrected chi connectivity index (χ0v) is 11.0. The van der Waals surface area contributed by atoms with Crippen molar-refractivity contribution in [3.63, 3.8) is 0 Å². The molecule has 0 radical (unpaired) electrons. The number of anilines is 1. The van der Waals surface area contributed by atoms with Crippen LogP contribution < -0.4 is 5.32 Å². The van der Waals surface area contributed by atoms with E-state index in [0.717, 1.165) is 16.9 Å². The fraction of sp³-hybridized carbons (Fsp3) is 0.231. The van der Waals surface area contributed by atoms with E-state index in [4.69, 9.17) is 16.9 Å². The van der Waals surface area contributed by atoms with Crippen LogP contribution in [0.2, 0.25) is 5.02 Å². The van der Waals surface area contributed by atoms with Gasteiger partial charge in [-0.2, -0.15) is 10.4 Å². The topological polar surface area (TPSA) is 53.6 Å². The number of hydrogen-bond donors (Lipinski definition) is 1. The molecule has 0 aliphatic carbocycles. The molecular formula is C13H13ClN4. The summed E-state index contributed by atoms with van der Waals surface area (Å²) in [6.45, 7) is 2.69. The lowest BCUT2D eigenvalue weighted by molar-refractivity contribution is 0.738. The fourth-order valence-corrected chi connectivity index (χ4v) is 1.80. The normalized spacial score (nSPS) is 10.1. The van der Waals surface area contributed by atoms with Crippen molar-refractivity contribution >= 4 is 17.3 Å². The van der Waals surface area contributed by atoms with E-state index in [-0.39, 0.29) is 0 Å². The van der Waals surface area contributed by atoms with Gasteiger partial charge in [-0.1, -0.05) is 11.6 Å². The summed E-state index contributed by atoms with van der Waals surface area (Å²) in [6.07, 6.45) is 1.84. The van der Waals surface area contributed by atoms with E-state index in [9.17, 15) is 0 Å². The molecule has 0 atom stereocenters. The Morgan fingerprint density at radius 1 is 1.50 bits per heavy atom. The second kappa shape index (κ2) is 5.11. The highest BCUT2D eigenvalue weighted by Gasteiger charge is 2.04. The molecule has 0 unspecified atom stereocenters. The minimum atomic E-state index is 0.473. The van der Waals surface area contributed by atoms with Crippen molar-refractivity contribution in [3.05, 3.63) is 46.2 Å². The maximum Gasteiger partial charge on any atom is 0.101 e. The van der Waals surface area contributed by atoms with Gasteiger partial charge in [0, 0.05) is 30.5 Å². The minimum absolute atomic E-state index is 0.473. The predicted molar refractivity (Wildman–Crippen MR) is 71.4 cm³/mol. The van der Waals surface area contributed by atoms with Crippen LogP contribution in [-0.4, -0.2) is 9.78 Å². The third-order valence-corrected chi connectivity index (χ3v) is 3.24. The molecule has 0 bridgehead atoms.